The first-order chi connectivity index (χ1) is 10.7. The van der Waals surface area contributed by atoms with Crippen LogP contribution in [0.25, 0.3) is 5.69 Å². The van der Waals surface area contributed by atoms with E-state index in [4.69, 9.17) is 4.74 Å². The topological polar surface area (TPSA) is 78.2 Å². The van der Waals surface area contributed by atoms with Gasteiger partial charge in [-0.05, 0) is 39.0 Å². The van der Waals surface area contributed by atoms with Crippen LogP contribution in [0.1, 0.15) is 26.6 Å². The average molecular weight is 322 g/mol. The van der Waals surface area contributed by atoms with Crippen LogP contribution in [0.4, 0.5) is 9.18 Å². The van der Waals surface area contributed by atoms with E-state index in [9.17, 15) is 14.0 Å². The Morgan fingerprint density at radius 1 is 1.39 bits per heavy atom. The summed E-state index contributed by atoms with van der Waals surface area (Å²) in [5.41, 5.74) is -0.725. The Morgan fingerprint density at radius 3 is 2.70 bits per heavy atom. The Labute approximate surface area is 132 Å². The number of hydrogen-bond donors (Lipinski definition) is 1. The summed E-state index contributed by atoms with van der Waals surface area (Å²) in [5, 5.41) is 6.59. The van der Waals surface area contributed by atoms with Gasteiger partial charge in [-0.1, -0.05) is 6.07 Å². The van der Waals surface area contributed by atoms with Crippen molar-refractivity contribution in [2.75, 3.05) is 0 Å². The number of aromatic nitrogens is 3. The Balaban J connectivity index is 2.25. The number of carbonyl (C=O) groups is 1. The number of ether oxygens (including phenoxy) is 1. The number of nitrogens with one attached hydrogen (secondary N) is 1. The first-order valence-electron chi connectivity index (χ1n) is 7.05. The van der Waals surface area contributed by atoms with Crippen LogP contribution in [0.2, 0.25) is 0 Å². The largest absolute Gasteiger partial charge is 0.444 e. The molecule has 0 unspecified atom stereocenters. The molecule has 0 aliphatic carbocycles. The molecule has 1 aromatic heterocycles. The fourth-order valence-electron chi connectivity index (χ4n) is 1.97. The number of rotatable bonds is 3. The molecule has 8 heteroatoms. The van der Waals surface area contributed by atoms with Gasteiger partial charge in [0.1, 0.15) is 11.4 Å². The molecule has 124 valence electrons. The Kier molecular flexibility index (Phi) is 4.53. The normalized spacial score (nSPS) is 11.3. The first-order valence-corrected chi connectivity index (χ1v) is 7.05. The third kappa shape index (κ3) is 4.18. The lowest BCUT2D eigenvalue weighted by molar-refractivity contribution is 0.0522. The monoisotopic (exact) mass is 322 g/mol. The molecule has 0 bridgehead atoms. The van der Waals surface area contributed by atoms with Gasteiger partial charge in [-0.3, -0.25) is 0 Å². The molecule has 0 aliphatic rings. The van der Waals surface area contributed by atoms with E-state index in [1.807, 2.05) is 0 Å². The minimum atomic E-state index is -0.629. The smallest absolute Gasteiger partial charge is 0.408 e. The highest BCUT2D eigenvalue weighted by Gasteiger charge is 2.18. The first kappa shape index (κ1) is 16.7. The standard InChI is InChI=1S/C15H19FN4O3/c1-15(2,3)23-13(21)17-9-12-18-19(4)14(22)20(12)11-7-5-6-10(16)8-11/h5-8H,9H2,1-4H3,(H,17,21). The van der Waals surface area contributed by atoms with E-state index in [1.54, 1.807) is 26.8 Å². The number of benzene rings is 1. The molecule has 23 heavy (non-hydrogen) atoms. The molecule has 0 spiro atoms. The second-order valence-corrected chi connectivity index (χ2v) is 5.99. The molecule has 7 nitrogen and oxygen atoms in total. The number of amides is 1. The van der Waals surface area contributed by atoms with E-state index in [1.165, 1.54) is 29.8 Å². The number of hydrogen-bond acceptors (Lipinski definition) is 4. The van der Waals surface area contributed by atoms with Gasteiger partial charge in [-0.2, -0.15) is 5.10 Å². The second-order valence-electron chi connectivity index (χ2n) is 5.99. The quantitative estimate of drug-likeness (QED) is 0.933. The zero-order valence-corrected chi connectivity index (χ0v) is 13.5. The molecule has 0 radical (unpaired) electrons. The van der Waals surface area contributed by atoms with Gasteiger partial charge in [0.05, 0.1) is 12.2 Å². The van der Waals surface area contributed by atoms with Crippen LogP contribution < -0.4 is 11.0 Å². The molecular formula is C15H19FN4O3. The summed E-state index contributed by atoms with van der Waals surface area (Å²) >= 11 is 0. The summed E-state index contributed by atoms with van der Waals surface area (Å²) in [6.07, 6.45) is -0.624. The van der Waals surface area contributed by atoms with Crippen LogP contribution in [0.3, 0.4) is 0 Å². The average Bonchev–Trinajstić information content (AvgIpc) is 2.70. The Bertz CT molecular complexity index is 774. The summed E-state index contributed by atoms with van der Waals surface area (Å²) < 4.78 is 20.9. The van der Waals surface area contributed by atoms with Crippen molar-refractivity contribution in [3.63, 3.8) is 0 Å². The highest BCUT2D eigenvalue weighted by Crippen LogP contribution is 2.10. The summed E-state index contributed by atoms with van der Waals surface area (Å²) in [4.78, 5) is 23.9. The zero-order valence-electron chi connectivity index (χ0n) is 13.5. The van der Waals surface area contributed by atoms with Gasteiger partial charge in [0.15, 0.2) is 5.82 Å². The molecular weight excluding hydrogens is 303 g/mol. The molecule has 0 aliphatic heterocycles. The van der Waals surface area contributed by atoms with E-state index < -0.39 is 23.2 Å². The molecule has 0 saturated heterocycles. The van der Waals surface area contributed by atoms with E-state index in [2.05, 4.69) is 10.4 Å². The third-order valence-corrected chi connectivity index (χ3v) is 2.85. The molecule has 0 fully saturated rings. The number of alkyl carbamates (subject to hydrolysis) is 1. The van der Waals surface area contributed by atoms with Crippen molar-refractivity contribution in [1.82, 2.24) is 19.7 Å². The molecule has 2 rings (SSSR count). The minimum absolute atomic E-state index is 0.0263. The maximum atomic E-state index is 13.4. The molecule has 1 amide bonds. The van der Waals surface area contributed by atoms with Crippen molar-refractivity contribution < 1.29 is 13.9 Å². The maximum absolute atomic E-state index is 13.4. The molecule has 0 saturated carbocycles. The summed E-state index contributed by atoms with van der Waals surface area (Å²) in [5.74, 6) is -0.196. The summed E-state index contributed by atoms with van der Waals surface area (Å²) in [6.45, 7) is 5.21. The van der Waals surface area contributed by atoms with Gasteiger partial charge in [-0.15, -0.1) is 0 Å². The van der Waals surface area contributed by atoms with Crippen molar-refractivity contribution in [3.05, 3.63) is 46.4 Å². The summed E-state index contributed by atoms with van der Waals surface area (Å²) in [7, 11) is 1.48. The number of carbonyl (C=O) groups excluding carboxylic acids is 1. The van der Waals surface area contributed by atoms with Crippen LogP contribution >= 0.6 is 0 Å². The molecule has 1 aromatic carbocycles. The van der Waals surface area contributed by atoms with Crippen LogP contribution in [-0.4, -0.2) is 26.0 Å². The van der Waals surface area contributed by atoms with Crippen molar-refractivity contribution in [3.8, 4) is 5.69 Å². The van der Waals surface area contributed by atoms with Crippen LogP contribution in [0.5, 0.6) is 0 Å². The zero-order chi connectivity index (χ0) is 17.2. The van der Waals surface area contributed by atoms with Crippen LogP contribution in [0.15, 0.2) is 29.1 Å². The highest BCUT2D eigenvalue weighted by atomic mass is 19.1. The van der Waals surface area contributed by atoms with Crippen molar-refractivity contribution in [2.45, 2.75) is 32.9 Å². The van der Waals surface area contributed by atoms with Gasteiger partial charge in [0.2, 0.25) is 0 Å². The van der Waals surface area contributed by atoms with Crippen LogP contribution in [-0.2, 0) is 18.3 Å². The molecule has 2 aromatic rings. The molecule has 1 heterocycles. The van der Waals surface area contributed by atoms with E-state index in [0.717, 1.165) is 4.68 Å². The highest BCUT2D eigenvalue weighted by molar-refractivity contribution is 5.67. The van der Waals surface area contributed by atoms with Crippen molar-refractivity contribution in [2.24, 2.45) is 7.05 Å². The number of nitrogens with zero attached hydrogens (tertiary/aromatic N) is 3. The second kappa shape index (κ2) is 6.23. The van der Waals surface area contributed by atoms with Gasteiger partial charge in [0.25, 0.3) is 0 Å². The van der Waals surface area contributed by atoms with E-state index in [-0.39, 0.29) is 12.4 Å². The van der Waals surface area contributed by atoms with Crippen molar-refractivity contribution >= 4 is 6.09 Å². The molecule has 0 atom stereocenters. The number of aryl methyl sites for hydroxylation is 1. The fraction of sp³-hybridized carbons (Fsp3) is 0.400. The minimum Gasteiger partial charge on any atom is -0.444 e. The fourth-order valence-corrected chi connectivity index (χ4v) is 1.97. The van der Waals surface area contributed by atoms with Gasteiger partial charge in [-0.25, -0.2) is 23.2 Å². The maximum Gasteiger partial charge on any atom is 0.408 e. The Hall–Kier alpha value is -2.64. The van der Waals surface area contributed by atoms with E-state index in [0.29, 0.717) is 5.69 Å². The lowest BCUT2D eigenvalue weighted by Crippen LogP contribution is -2.33. The van der Waals surface area contributed by atoms with Crippen molar-refractivity contribution in [1.29, 1.82) is 0 Å². The predicted molar refractivity (Wildman–Crippen MR) is 81.8 cm³/mol. The van der Waals surface area contributed by atoms with Crippen LogP contribution in [0, 0.1) is 5.82 Å². The van der Waals surface area contributed by atoms with Gasteiger partial charge < -0.3 is 10.1 Å². The number of halogens is 1. The third-order valence-electron chi connectivity index (χ3n) is 2.85. The van der Waals surface area contributed by atoms with E-state index >= 15 is 0 Å². The Morgan fingerprint density at radius 2 is 2.09 bits per heavy atom. The predicted octanol–water partition coefficient (Wildman–Crippen LogP) is 1.73. The van der Waals surface area contributed by atoms with Gasteiger partial charge in [0, 0.05) is 7.05 Å². The summed E-state index contributed by atoms with van der Waals surface area (Å²) in [6, 6.07) is 5.59. The lowest BCUT2D eigenvalue weighted by Gasteiger charge is -2.19. The lowest BCUT2D eigenvalue weighted by atomic mass is 10.2. The van der Waals surface area contributed by atoms with Gasteiger partial charge >= 0.3 is 11.8 Å². The SMILES string of the molecule is Cn1nc(CNC(=O)OC(C)(C)C)n(-c2cccc(F)c2)c1=O. The molecule has 1 N–H and O–H groups in total.